The number of aliphatic imine (C=N–C) groups is 1. The number of hydrogen-bond acceptors (Lipinski definition) is 3. The van der Waals surface area contributed by atoms with Crippen LogP contribution in [-0.2, 0) is 0 Å². The molecule has 0 unspecified atom stereocenters. The van der Waals surface area contributed by atoms with E-state index in [1.54, 1.807) is 17.8 Å². The SMILES string of the molecule is C=C/C=C\C=C(C)C.CSC1=NC=CN(C)C1. The highest BCUT2D eigenvalue weighted by Gasteiger charge is 2.01. The summed E-state index contributed by atoms with van der Waals surface area (Å²) in [6, 6.07) is 0. The molecule has 3 heteroatoms. The molecule has 0 spiro atoms. The number of thioether (sulfide) groups is 1. The minimum absolute atomic E-state index is 0.956. The molecule has 0 fully saturated rings. The average molecular weight is 250 g/mol. The summed E-state index contributed by atoms with van der Waals surface area (Å²) in [4.78, 5) is 6.27. The fourth-order valence-corrected chi connectivity index (χ4v) is 1.48. The third-order valence-corrected chi connectivity index (χ3v) is 2.54. The van der Waals surface area contributed by atoms with E-state index in [9.17, 15) is 0 Å². The van der Waals surface area contributed by atoms with Gasteiger partial charge >= 0.3 is 0 Å². The zero-order chi connectivity index (χ0) is 13.1. The van der Waals surface area contributed by atoms with E-state index < -0.39 is 0 Å². The molecule has 0 amide bonds. The van der Waals surface area contributed by atoms with Gasteiger partial charge in [0.25, 0.3) is 0 Å². The topological polar surface area (TPSA) is 15.6 Å². The van der Waals surface area contributed by atoms with Gasteiger partial charge in [0.2, 0.25) is 0 Å². The maximum absolute atomic E-state index is 4.16. The molecular formula is C14H22N2S. The van der Waals surface area contributed by atoms with Crippen molar-refractivity contribution in [3.8, 4) is 0 Å². The molecule has 1 aliphatic heterocycles. The minimum Gasteiger partial charge on any atom is -0.373 e. The van der Waals surface area contributed by atoms with Crippen LogP contribution in [0.1, 0.15) is 13.8 Å². The number of allylic oxidation sites excluding steroid dienone is 5. The molecule has 0 N–H and O–H groups in total. The third-order valence-electron chi connectivity index (χ3n) is 1.84. The first kappa shape index (κ1) is 15.8. The molecule has 0 saturated heterocycles. The van der Waals surface area contributed by atoms with Gasteiger partial charge in [-0.25, -0.2) is 0 Å². The van der Waals surface area contributed by atoms with Crippen LogP contribution in [0.15, 0.2) is 53.8 Å². The van der Waals surface area contributed by atoms with Crippen LogP contribution >= 0.6 is 11.8 Å². The van der Waals surface area contributed by atoms with E-state index in [4.69, 9.17) is 0 Å². The summed E-state index contributed by atoms with van der Waals surface area (Å²) >= 11 is 1.71. The lowest BCUT2D eigenvalue weighted by atomic mass is 10.3. The van der Waals surface area contributed by atoms with Crippen molar-refractivity contribution in [3.63, 3.8) is 0 Å². The molecule has 0 aliphatic carbocycles. The quantitative estimate of drug-likeness (QED) is 0.692. The average Bonchev–Trinajstić information content (AvgIpc) is 2.30. The van der Waals surface area contributed by atoms with E-state index in [1.807, 2.05) is 43.9 Å². The van der Waals surface area contributed by atoms with Crippen LogP contribution < -0.4 is 0 Å². The third kappa shape index (κ3) is 9.69. The van der Waals surface area contributed by atoms with Crippen LogP contribution in [0.4, 0.5) is 0 Å². The molecule has 1 heterocycles. The van der Waals surface area contributed by atoms with Gasteiger partial charge in [-0.05, 0) is 20.1 Å². The lowest BCUT2D eigenvalue weighted by molar-refractivity contribution is 0.520. The van der Waals surface area contributed by atoms with Crippen molar-refractivity contribution in [1.29, 1.82) is 0 Å². The molecule has 0 aromatic heterocycles. The van der Waals surface area contributed by atoms with Gasteiger partial charge in [0.05, 0.1) is 11.6 Å². The second kappa shape index (κ2) is 9.97. The summed E-state index contributed by atoms with van der Waals surface area (Å²) in [5, 5.41) is 1.18. The zero-order valence-corrected chi connectivity index (χ0v) is 12.0. The molecule has 0 aromatic rings. The van der Waals surface area contributed by atoms with Crippen molar-refractivity contribution in [2.24, 2.45) is 4.99 Å². The highest BCUT2D eigenvalue weighted by molar-refractivity contribution is 8.13. The fourth-order valence-electron chi connectivity index (χ4n) is 0.981. The summed E-state index contributed by atoms with van der Waals surface area (Å²) in [7, 11) is 2.04. The van der Waals surface area contributed by atoms with E-state index in [0.717, 1.165) is 6.54 Å². The van der Waals surface area contributed by atoms with Crippen molar-refractivity contribution < 1.29 is 0 Å². The lowest BCUT2D eigenvalue weighted by Crippen LogP contribution is -2.20. The largest absolute Gasteiger partial charge is 0.373 e. The first-order valence-corrected chi connectivity index (χ1v) is 6.72. The lowest BCUT2D eigenvalue weighted by Gasteiger charge is -2.16. The van der Waals surface area contributed by atoms with Crippen molar-refractivity contribution >= 4 is 16.8 Å². The molecule has 0 radical (unpaired) electrons. The summed E-state index contributed by atoms with van der Waals surface area (Å²) in [5.74, 6) is 0. The zero-order valence-electron chi connectivity index (χ0n) is 11.2. The monoisotopic (exact) mass is 250 g/mol. The molecule has 0 saturated carbocycles. The van der Waals surface area contributed by atoms with Crippen LogP contribution in [0.2, 0.25) is 0 Å². The highest BCUT2D eigenvalue weighted by Crippen LogP contribution is 2.05. The van der Waals surface area contributed by atoms with Crippen LogP contribution in [0.25, 0.3) is 0 Å². The normalized spacial score (nSPS) is 13.9. The maximum atomic E-state index is 4.16. The fraction of sp³-hybridized carbons (Fsp3) is 0.357. The molecule has 0 bridgehead atoms. The van der Waals surface area contributed by atoms with E-state index in [2.05, 4.69) is 30.3 Å². The van der Waals surface area contributed by atoms with Crippen LogP contribution in [-0.4, -0.2) is 29.8 Å². The molecular weight excluding hydrogens is 228 g/mol. The van der Waals surface area contributed by atoms with Gasteiger partial charge in [0, 0.05) is 19.4 Å². The summed E-state index contributed by atoms with van der Waals surface area (Å²) in [6.07, 6.45) is 13.5. The molecule has 1 rings (SSSR count). The Labute approximate surface area is 110 Å². The second-order valence-corrected chi connectivity index (χ2v) is 4.68. The molecule has 2 nitrogen and oxygen atoms in total. The van der Waals surface area contributed by atoms with Crippen LogP contribution in [0.3, 0.4) is 0 Å². The van der Waals surface area contributed by atoms with Crippen molar-refractivity contribution in [2.75, 3.05) is 19.8 Å². The van der Waals surface area contributed by atoms with Gasteiger partial charge in [-0.2, -0.15) is 0 Å². The Balaban J connectivity index is 0.000000304. The Morgan fingerprint density at radius 2 is 2.18 bits per heavy atom. The standard InChI is InChI=1S/C8H12.C6H10N2S/c1-4-5-6-7-8(2)3;1-8-4-3-7-6(5-8)9-2/h4-7H,1H2,2-3H3;3-4H,5H2,1-2H3/b6-5-;. The van der Waals surface area contributed by atoms with Crippen molar-refractivity contribution in [3.05, 3.63) is 48.9 Å². The van der Waals surface area contributed by atoms with Crippen LogP contribution in [0, 0.1) is 0 Å². The second-order valence-electron chi connectivity index (χ2n) is 3.80. The van der Waals surface area contributed by atoms with Crippen molar-refractivity contribution in [1.82, 2.24) is 4.90 Å². The van der Waals surface area contributed by atoms with Gasteiger partial charge < -0.3 is 4.90 Å². The highest BCUT2D eigenvalue weighted by atomic mass is 32.2. The van der Waals surface area contributed by atoms with Gasteiger partial charge in [-0.3, -0.25) is 4.99 Å². The Kier molecular flexibility index (Phi) is 9.25. The van der Waals surface area contributed by atoms with Gasteiger partial charge in [0.15, 0.2) is 0 Å². The van der Waals surface area contributed by atoms with E-state index >= 15 is 0 Å². The first-order chi connectivity index (χ1) is 8.10. The Morgan fingerprint density at radius 3 is 2.59 bits per heavy atom. The van der Waals surface area contributed by atoms with Gasteiger partial charge in [-0.1, -0.05) is 36.5 Å². The van der Waals surface area contributed by atoms with Crippen molar-refractivity contribution in [2.45, 2.75) is 13.8 Å². The van der Waals surface area contributed by atoms with Crippen LogP contribution in [0.5, 0.6) is 0 Å². The number of rotatable bonds is 2. The van der Waals surface area contributed by atoms with Gasteiger partial charge in [-0.15, -0.1) is 11.8 Å². The van der Waals surface area contributed by atoms with Gasteiger partial charge in [0.1, 0.15) is 0 Å². The molecule has 17 heavy (non-hydrogen) atoms. The number of nitrogens with zero attached hydrogens (tertiary/aromatic N) is 2. The van der Waals surface area contributed by atoms with E-state index in [1.165, 1.54) is 10.6 Å². The summed E-state index contributed by atoms with van der Waals surface area (Å²) in [6.45, 7) is 8.62. The summed E-state index contributed by atoms with van der Waals surface area (Å²) < 4.78 is 0. The molecule has 0 aromatic carbocycles. The van der Waals surface area contributed by atoms with E-state index in [-0.39, 0.29) is 0 Å². The number of hydrogen-bond donors (Lipinski definition) is 0. The van der Waals surface area contributed by atoms with E-state index in [0.29, 0.717) is 0 Å². The first-order valence-electron chi connectivity index (χ1n) is 5.50. The Morgan fingerprint density at radius 1 is 1.47 bits per heavy atom. The minimum atomic E-state index is 0.956. The smallest absolute Gasteiger partial charge is 0.0922 e. The summed E-state index contributed by atoms with van der Waals surface area (Å²) in [5.41, 5.74) is 1.31. The Hall–Kier alpha value is -1.22. The maximum Gasteiger partial charge on any atom is 0.0922 e. The molecule has 1 aliphatic rings. The molecule has 94 valence electrons. The Bertz CT molecular complexity index is 334. The predicted molar refractivity (Wildman–Crippen MR) is 81.5 cm³/mol. The predicted octanol–water partition coefficient (Wildman–Crippen LogP) is 3.86. The molecule has 0 atom stereocenters.